The number of carbonyl (C=O) groups is 1. The minimum atomic E-state index is 0.107. The van der Waals surface area contributed by atoms with Gasteiger partial charge in [0.25, 0.3) is 0 Å². The second-order valence-corrected chi connectivity index (χ2v) is 7.52. The Labute approximate surface area is 168 Å². The summed E-state index contributed by atoms with van der Waals surface area (Å²) in [6.45, 7) is 5.65. The Kier molecular flexibility index (Phi) is 4.51. The molecule has 2 N–H and O–H groups in total. The van der Waals surface area contributed by atoms with E-state index in [1.54, 1.807) is 11.1 Å². The van der Waals surface area contributed by atoms with Crippen LogP contribution in [0.1, 0.15) is 0 Å². The van der Waals surface area contributed by atoms with E-state index in [0.29, 0.717) is 13.1 Å². The maximum absolute atomic E-state index is 12.1. The number of aromatic amines is 1. The van der Waals surface area contributed by atoms with E-state index in [0.717, 1.165) is 66.7 Å². The van der Waals surface area contributed by atoms with Crippen molar-refractivity contribution in [3.05, 3.63) is 30.5 Å². The average molecular weight is 392 g/mol. The van der Waals surface area contributed by atoms with Crippen molar-refractivity contribution in [1.82, 2.24) is 30.4 Å². The van der Waals surface area contributed by atoms with Crippen LogP contribution in [0, 0.1) is 0 Å². The van der Waals surface area contributed by atoms with Gasteiger partial charge in [-0.15, -0.1) is 0 Å². The summed E-state index contributed by atoms with van der Waals surface area (Å²) in [4.78, 5) is 27.6. The molecule has 5 heterocycles. The normalized spacial score (nSPS) is 18.0. The summed E-state index contributed by atoms with van der Waals surface area (Å²) >= 11 is 0. The number of pyridine rings is 2. The lowest BCUT2D eigenvalue weighted by molar-refractivity contribution is -0.129. The quantitative estimate of drug-likeness (QED) is 0.678. The second kappa shape index (κ2) is 7.32. The Bertz CT molecular complexity index is 1040. The SMILES string of the molecule is CN1CCN(c2cc3c(-c4cccc(N5CCNCC5)n4)n[nH]c3cn2)CC1=O. The van der Waals surface area contributed by atoms with Gasteiger partial charge in [-0.2, -0.15) is 5.10 Å². The molecule has 9 nitrogen and oxygen atoms in total. The first-order chi connectivity index (χ1) is 14.2. The van der Waals surface area contributed by atoms with Crippen molar-refractivity contribution < 1.29 is 4.79 Å². The van der Waals surface area contributed by atoms with Gasteiger partial charge in [0, 0.05) is 51.7 Å². The van der Waals surface area contributed by atoms with E-state index >= 15 is 0 Å². The Morgan fingerprint density at radius 1 is 1.03 bits per heavy atom. The molecule has 0 bridgehead atoms. The molecule has 0 aromatic carbocycles. The van der Waals surface area contributed by atoms with Gasteiger partial charge in [-0.1, -0.05) is 6.07 Å². The van der Waals surface area contributed by atoms with Gasteiger partial charge in [0.2, 0.25) is 5.91 Å². The molecular formula is C20H24N8O. The fraction of sp³-hybridized carbons (Fsp3) is 0.400. The predicted octanol–water partition coefficient (Wildman–Crippen LogP) is 0.708. The molecule has 0 aliphatic carbocycles. The minimum Gasteiger partial charge on any atom is -0.354 e. The zero-order chi connectivity index (χ0) is 19.8. The van der Waals surface area contributed by atoms with Gasteiger partial charge in [-0.05, 0) is 18.2 Å². The predicted molar refractivity (Wildman–Crippen MR) is 112 cm³/mol. The number of carbonyl (C=O) groups excluding carboxylic acids is 1. The highest BCUT2D eigenvalue weighted by atomic mass is 16.2. The van der Waals surface area contributed by atoms with Crippen molar-refractivity contribution >= 4 is 28.4 Å². The van der Waals surface area contributed by atoms with Crippen LogP contribution in [0.25, 0.3) is 22.3 Å². The van der Waals surface area contributed by atoms with E-state index in [-0.39, 0.29) is 5.91 Å². The van der Waals surface area contributed by atoms with Crippen LogP contribution in [-0.2, 0) is 4.79 Å². The largest absolute Gasteiger partial charge is 0.354 e. The summed E-state index contributed by atoms with van der Waals surface area (Å²) in [6.07, 6.45) is 1.78. The summed E-state index contributed by atoms with van der Waals surface area (Å²) < 4.78 is 0. The van der Waals surface area contributed by atoms with Crippen LogP contribution in [0.3, 0.4) is 0 Å². The second-order valence-electron chi connectivity index (χ2n) is 7.52. The maximum Gasteiger partial charge on any atom is 0.241 e. The molecule has 3 aromatic rings. The lowest BCUT2D eigenvalue weighted by atomic mass is 10.1. The fourth-order valence-corrected chi connectivity index (χ4v) is 3.85. The third-order valence-electron chi connectivity index (χ3n) is 5.63. The van der Waals surface area contributed by atoms with Crippen molar-refractivity contribution in [3.8, 4) is 11.4 Å². The standard InChI is InChI=1S/C20H24N8O/c1-26-9-10-28(13-19(26)29)18-11-14-16(12-22-18)24-25-20(14)15-3-2-4-17(23-15)27-7-5-21-6-8-27/h2-4,11-12,21H,5-10,13H2,1H3,(H,24,25). The number of piperazine rings is 2. The molecule has 2 saturated heterocycles. The number of hydrogen-bond donors (Lipinski definition) is 2. The Hall–Kier alpha value is -3.20. The molecular weight excluding hydrogens is 368 g/mol. The van der Waals surface area contributed by atoms with Crippen LogP contribution in [0.4, 0.5) is 11.6 Å². The first-order valence-corrected chi connectivity index (χ1v) is 9.95. The van der Waals surface area contributed by atoms with Crippen molar-refractivity contribution in [3.63, 3.8) is 0 Å². The van der Waals surface area contributed by atoms with E-state index in [1.165, 1.54) is 0 Å². The van der Waals surface area contributed by atoms with Crippen molar-refractivity contribution in [2.24, 2.45) is 0 Å². The van der Waals surface area contributed by atoms with Crippen LogP contribution in [-0.4, -0.2) is 83.8 Å². The van der Waals surface area contributed by atoms with Crippen molar-refractivity contribution in [2.45, 2.75) is 0 Å². The summed E-state index contributed by atoms with van der Waals surface area (Å²) in [6, 6.07) is 8.07. The van der Waals surface area contributed by atoms with E-state index in [4.69, 9.17) is 4.98 Å². The smallest absolute Gasteiger partial charge is 0.241 e. The fourth-order valence-electron chi connectivity index (χ4n) is 3.85. The van der Waals surface area contributed by atoms with Gasteiger partial charge in [0.1, 0.15) is 17.3 Å². The minimum absolute atomic E-state index is 0.107. The molecule has 3 aromatic heterocycles. The summed E-state index contributed by atoms with van der Waals surface area (Å²) in [5, 5.41) is 11.9. The van der Waals surface area contributed by atoms with Gasteiger partial charge >= 0.3 is 0 Å². The number of hydrogen-bond acceptors (Lipinski definition) is 7. The molecule has 0 saturated carbocycles. The number of rotatable bonds is 3. The Balaban J connectivity index is 1.48. The third-order valence-corrected chi connectivity index (χ3v) is 5.63. The molecule has 1 amide bonds. The molecule has 0 unspecified atom stereocenters. The van der Waals surface area contributed by atoms with Gasteiger partial charge in [0.05, 0.1) is 24.0 Å². The topological polar surface area (TPSA) is 93.3 Å². The summed E-state index contributed by atoms with van der Waals surface area (Å²) in [5.74, 6) is 1.87. The Morgan fingerprint density at radius 3 is 2.72 bits per heavy atom. The number of likely N-dealkylation sites (N-methyl/N-ethyl adjacent to an activating group) is 1. The van der Waals surface area contributed by atoms with E-state index in [1.807, 2.05) is 36.2 Å². The van der Waals surface area contributed by atoms with Crippen LogP contribution in [0.15, 0.2) is 30.5 Å². The highest BCUT2D eigenvalue weighted by Crippen LogP contribution is 2.29. The molecule has 2 aliphatic rings. The number of aromatic nitrogens is 4. The van der Waals surface area contributed by atoms with Gasteiger partial charge in [0.15, 0.2) is 0 Å². The highest BCUT2D eigenvalue weighted by Gasteiger charge is 2.23. The molecule has 0 radical (unpaired) electrons. The molecule has 0 atom stereocenters. The van der Waals surface area contributed by atoms with Crippen LogP contribution in [0.2, 0.25) is 0 Å². The van der Waals surface area contributed by atoms with Gasteiger partial charge in [-0.3, -0.25) is 9.89 Å². The molecule has 2 fully saturated rings. The third kappa shape index (κ3) is 3.38. The zero-order valence-electron chi connectivity index (χ0n) is 16.4. The molecule has 9 heteroatoms. The molecule has 150 valence electrons. The van der Waals surface area contributed by atoms with E-state index in [9.17, 15) is 4.79 Å². The van der Waals surface area contributed by atoms with Crippen LogP contribution in [0.5, 0.6) is 0 Å². The number of amides is 1. The lowest BCUT2D eigenvalue weighted by Crippen LogP contribution is -2.48. The average Bonchev–Trinajstić information content (AvgIpc) is 3.20. The van der Waals surface area contributed by atoms with Crippen LogP contribution < -0.4 is 15.1 Å². The zero-order valence-corrected chi connectivity index (χ0v) is 16.4. The molecule has 0 spiro atoms. The van der Waals surface area contributed by atoms with Crippen LogP contribution >= 0.6 is 0 Å². The highest BCUT2D eigenvalue weighted by molar-refractivity contribution is 5.93. The number of fused-ring (bicyclic) bond motifs is 1. The molecule has 29 heavy (non-hydrogen) atoms. The lowest BCUT2D eigenvalue weighted by Gasteiger charge is -2.32. The maximum atomic E-state index is 12.1. The van der Waals surface area contributed by atoms with E-state index < -0.39 is 0 Å². The monoisotopic (exact) mass is 392 g/mol. The number of anilines is 2. The van der Waals surface area contributed by atoms with Crippen molar-refractivity contribution in [2.75, 3.05) is 62.7 Å². The summed E-state index contributed by atoms with van der Waals surface area (Å²) in [5.41, 5.74) is 2.50. The van der Waals surface area contributed by atoms with Gasteiger partial charge < -0.3 is 20.0 Å². The summed E-state index contributed by atoms with van der Waals surface area (Å²) in [7, 11) is 1.83. The molecule has 5 rings (SSSR count). The number of nitrogens with zero attached hydrogens (tertiary/aromatic N) is 6. The number of nitrogens with one attached hydrogen (secondary N) is 2. The van der Waals surface area contributed by atoms with Crippen molar-refractivity contribution in [1.29, 1.82) is 0 Å². The van der Waals surface area contributed by atoms with E-state index in [2.05, 4.69) is 25.4 Å². The Morgan fingerprint density at radius 2 is 1.90 bits per heavy atom. The number of H-pyrrole nitrogens is 1. The molecule has 2 aliphatic heterocycles. The van der Waals surface area contributed by atoms with Gasteiger partial charge in [-0.25, -0.2) is 9.97 Å². The first-order valence-electron chi connectivity index (χ1n) is 9.95. The first kappa shape index (κ1) is 17.9.